The van der Waals surface area contributed by atoms with Crippen molar-refractivity contribution in [2.75, 3.05) is 6.73 Å². The van der Waals surface area contributed by atoms with Gasteiger partial charge in [-0.1, -0.05) is 5.64 Å². The third-order valence-electron chi connectivity index (χ3n) is 0.471. The Bertz CT molecular complexity index is 41.1. The molecule has 0 spiro atoms. The van der Waals surface area contributed by atoms with Crippen molar-refractivity contribution >= 4 is 0 Å². The average molecular weight is 138 g/mol. The Labute approximate surface area is 50.1 Å². The summed E-state index contributed by atoms with van der Waals surface area (Å²) in [6.45, 7) is 0.109. The molecule has 0 aromatic heterocycles. The molecule has 0 unspecified atom stereocenters. The number of hydroxylamine groups is 1. The fraction of sp³-hybridized carbons (Fsp3) is 1.00. The van der Waals surface area contributed by atoms with E-state index in [9.17, 15) is 0 Å². The van der Waals surface area contributed by atoms with Gasteiger partial charge in [0.05, 0.1) is 0 Å². The molecule has 0 aromatic carbocycles. The van der Waals surface area contributed by atoms with Crippen molar-refractivity contribution in [2.45, 2.75) is 0 Å². The van der Waals surface area contributed by atoms with Gasteiger partial charge in [0, 0.05) is 0 Å². The summed E-state index contributed by atoms with van der Waals surface area (Å²) in [7, 11) is 0. The van der Waals surface area contributed by atoms with Crippen molar-refractivity contribution < 1.29 is 19.7 Å². The maximum Gasteiger partial charge on any atom is 0.145 e. The summed E-state index contributed by atoms with van der Waals surface area (Å²) >= 11 is 0. The fourth-order valence-electron chi connectivity index (χ4n) is 0.223. The summed E-state index contributed by atoms with van der Waals surface area (Å²) in [4.78, 5) is 17.2. The summed E-state index contributed by atoms with van der Waals surface area (Å²) in [6, 6.07) is 0. The highest BCUT2D eigenvalue weighted by Crippen LogP contribution is 1.67. The standard InChI is InChI=1S/CH6N4O4/c1-2-7-4-9-5-8-3-6-1/h2-5H,1H2. The van der Waals surface area contributed by atoms with Crippen LogP contribution in [0, 0.1) is 0 Å². The highest BCUT2D eigenvalue weighted by Gasteiger charge is 1.91. The van der Waals surface area contributed by atoms with E-state index in [-0.39, 0.29) is 6.73 Å². The van der Waals surface area contributed by atoms with Gasteiger partial charge >= 0.3 is 0 Å². The number of hydrogen-bond acceptors (Lipinski definition) is 8. The van der Waals surface area contributed by atoms with Crippen molar-refractivity contribution in [3.8, 4) is 0 Å². The molecule has 1 aliphatic rings. The Kier molecular flexibility index (Phi) is 3.43. The van der Waals surface area contributed by atoms with Gasteiger partial charge in [-0.3, -0.25) is 4.84 Å². The Morgan fingerprint density at radius 1 is 0.889 bits per heavy atom. The van der Waals surface area contributed by atoms with Crippen LogP contribution in [0.5, 0.6) is 0 Å². The highest BCUT2D eigenvalue weighted by atomic mass is 17.2. The van der Waals surface area contributed by atoms with Gasteiger partial charge in [-0.15, -0.1) is 0 Å². The van der Waals surface area contributed by atoms with Crippen molar-refractivity contribution in [3.05, 3.63) is 0 Å². The lowest BCUT2D eigenvalue weighted by molar-refractivity contribution is -0.328. The van der Waals surface area contributed by atoms with Crippen LogP contribution in [-0.4, -0.2) is 6.73 Å². The van der Waals surface area contributed by atoms with E-state index in [1.165, 1.54) is 0 Å². The lowest BCUT2D eigenvalue weighted by atomic mass is 11.4. The van der Waals surface area contributed by atoms with Gasteiger partial charge in [0.25, 0.3) is 0 Å². The van der Waals surface area contributed by atoms with Crippen LogP contribution in [0.1, 0.15) is 0 Å². The van der Waals surface area contributed by atoms with Gasteiger partial charge in [0.2, 0.25) is 0 Å². The lowest BCUT2D eigenvalue weighted by Gasteiger charge is -1.99. The monoisotopic (exact) mass is 138 g/mol. The first kappa shape index (κ1) is 6.80. The van der Waals surface area contributed by atoms with E-state index < -0.39 is 0 Å². The van der Waals surface area contributed by atoms with Gasteiger partial charge in [0.1, 0.15) is 6.73 Å². The molecule has 1 aliphatic heterocycles. The summed E-state index contributed by atoms with van der Waals surface area (Å²) in [5.74, 6) is 0. The van der Waals surface area contributed by atoms with E-state index >= 15 is 0 Å². The van der Waals surface area contributed by atoms with Gasteiger partial charge in [-0.05, 0) is 11.3 Å². The smallest absolute Gasteiger partial charge is 0.145 e. The van der Waals surface area contributed by atoms with Gasteiger partial charge < -0.3 is 0 Å². The van der Waals surface area contributed by atoms with Gasteiger partial charge in [-0.25, -0.2) is 0 Å². The molecule has 9 heavy (non-hydrogen) atoms. The topological polar surface area (TPSA) is 85.0 Å². The van der Waals surface area contributed by atoms with Crippen LogP contribution in [-0.2, 0) is 19.7 Å². The molecule has 1 saturated heterocycles. The Hall–Kier alpha value is -0.320. The van der Waals surface area contributed by atoms with E-state index in [1.807, 2.05) is 16.9 Å². The molecule has 1 fully saturated rings. The molecule has 1 rings (SSSR count). The van der Waals surface area contributed by atoms with Crippen LogP contribution >= 0.6 is 0 Å². The molecule has 0 atom stereocenters. The summed E-state index contributed by atoms with van der Waals surface area (Å²) in [6.07, 6.45) is 0. The van der Waals surface area contributed by atoms with Crippen LogP contribution in [0.15, 0.2) is 0 Å². The second-order valence-electron chi connectivity index (χ2n) is 0.989. The minimum absolute atomic E-state index is 0.109. The van der Waals surface area contributed by atoms with Crippen LogP contribution in [0.4, 0.5) is 0 Å². The average Bonchev–Trinajstić information content (AvgIpc) is 2.00. The zero-order chi connectivity index (χ0) is 6.36. The van der Waals surface area contributed by atoms with Gasteiger partial charge in [0.15, 0.2) is 0 Å². The maximum absolute atomic E-state index is 4.46. The molecule has 8 heteroatoms. The molecule has 0 bridgehead atoms. The molecular formula is CH6N4O4. The highest BCUT2D eigenvalue weighted by molar-refractivity contribution is 3.98. The van der Waals surface area contributed by atoms with Crippen LogP contribution in [0.2, 0.25) is 0 Å². The molecule has 0 amide bonds. The van der Waals surface area contributed by atoms with Crippen molar-refractivity contribution in [1.29, 1.82) is 0 Å². The second-order valence-corrected chi connectivity index (χ2v) is 0.989. The second kappa shape index (κ2) is 4.55. The first-order chi connectivity index (χ1) is 4.50. The van der Waals surface area contributed by atoms with Crippen LogP contribution < -0.4 is 22.4 Å². The third-order valence-corrected chi connectivity index (χ3v) is 0.471. The molecule has 0 saturated carbocycles. The molecule has 1 heterocycles. The molecular weight excluding hydrogens is 132 g/mol. The Morgan fingerprint density at radius 2 is 1.67 bits per heavy atom. The van der Waals surface area contributed by atoms with E-state index in [0.29, 0.717) is 0 Å². The largest absolute Gasteiger partial charge is 0.257 e. The summed E-state index contributed by atoms with van der Waals surface area (Å²) in [5, 5.41) is 0. The molecule has 8 nitrogen and oxygen atoms in total. The van der Waals surface area contributed by atoms with Gasteiger partial charge in [-0.2, -0.15) is 20.3 Å². The zero-order valence-corrected chi connectivity index (χ0v) is 4.34. The molecule has 4 N–H and O–H groups in total. The van der Waals surface area contributed by atoms with E-state index in [0.717, 1.165) is 0 Å². The number of hydrogen-bond donors (Lipinski definition) is 4. The zero-order valence-electron chi connectivity index (χ0n) is 4.34. The molecule has 0 aliphatic carbocycles. The molecule has 0 radical (unpaired) electrons. The normalized spacial score (nSPS) is 24.0. The van der Waals surface area contributed by atoms with Crippen molar-refractivity contribution in [2.24, 2.45) is 0 Å². The van der Waals surface area contributed by atoms with Crippen molar-refractivity contribution in [1.82, 2.24) is 22.4 Å². The molecule has 54 valence electrons. The Morgan fingerprint density at radius 3 is 2.67 bits per heavy atom. The minimum Gasteiger partial charge on any atom is -0.257 e. The quantitative estimate of drug-likeness (QED) is 0.300. The van der Waals surface area contributed by atoms with E-state index in [4.69, 9.17) is 0 Å². The predicted octanol–water partition coefficient (Wildman–Crippen LogP) is -2.21. The van der Waals surface area contributed by atoms with Crippen LogP contribution in [0.3, 0.4) is 0 Å². The van der Waals surface area contributed by atoms with E-state index in [1.54, 1.807) is 0 Å². The van der Waals surface area contributed by atoms with Crippen LogP contribution in [0.25, 0.3) is 0 Å². The third kappa shape index (κ3) is 3.29. The van der Waals surface area contributed by atoms with E-state index in [2.05, 4.69) is 25.1 Å². The minimum atomic E-state index is 0.109. The SMILES string of the molecule is C1NONONONO1. The van der Waals surface area contributed by atoms with Crippen molar-refractivity contribution in [3.63, 3.8) is 0 Å². The number of nitrogens with one attached hydrogen (secondary N) is 4. The Balaban J connectivity index is 2.02. The molecule has 0 aromatic rings. The predicted molar refractivity (Wildman–Crippen MR) is 21.7 cm³/mol. The maximum atomic E-state index is 4.46. The summed E-state index contributed by atoms with van der Waals surface area (Å²) in [5.41, 5.74) is 8.17. The summed E-state index contributed by atoms with van der Waals surface area (Å²) < 4.78 is 0. The first-order valence-electron chi connectivity index (χ1n) is 2.07. The first-order valence-corrected chi connectivity index (χ1v) is 2.07. The number of rotatable bonds is 0. The lowest BCUT2D eigenvalue weighted by Crippen LogP contribution is -2.30. The fourth-order valence-corrected chi connectivity index (χ4v) is 0.223.